The molecule has 0 radical (unpaired) electrons. The van der Waals surface area contributed by atoms with E-state index in [2.05, 4.69) is 4.90 Å². The number of amides is 2. The molecule has 1 atom stereocenters. The van der Waals surface area contributed by atoms with E-state index in [9.17, 15) is 14.0 Å². The summed E-state index contributed by atoms with van der Waals surface area (Å²) in [5.41, 5.74) is 0.444. The molecule has 9 heteroatoms. The fourth-order valence-corrected chi connectivity index (χ4v) is 4.81. The number of nitrogens with zero attached hydrogens (tertiary/aromatic N) is 3. The van der Waals surface area contributed by atoms with Gasteiger partial charge >= 0.3 is 0 Å². The molecule has 1 aromatic heterocycles. The lowest BCUT2D eigenvalue weighted by atomic mass is 10.1. The Balaban J connectivity index is 1.39. The highest BCUT2D eigenvalue weighted by molar-refractivity contribution is 7.10. The summed E-state index contributed by atoms with van der Waals surface area (Å²) in [6, 6.07) is 9.54. The number of carbonyl (C=O) groups excluding carboxylic acids is 2. The minimum Gasteiger partial charge on any atom is -0.379 e. The third-order valence-corrected chi connectivity index (χ3v) is 6.87. The molecule has 4 rings (SSSR count). The van der Waals surface area contributed by atoms with Crippen LogP contribution in [0.4, 0.5) is 4.39 Å². The normalized spacial score (nSPS) is 19.4. The van der Waals surface area contributed by atoms with Crippen molar-refractivity contribution in [2.45, 2.75) is 12.5 Å². The molecule has 3 heterocycles. The Morgan fingerprint density at radius 2 is 1.88 bits per heavy atom. The van der Waals surface area contributed by atoms with Crippen LogP contribution < -0.4 is 0 Å². The summed E-state index contributed by atoms with van der Waals surface area (Å²) in [6.45, 7) is 6.15. The molecule has 2 fully saturated rings. The Hall–Kier alpha value is -2.33. The van der Waals surface area contributed by atoms with Gasteiger partial charge in [0.05, 0.1) is 32.3 Å². The second kappa shape index (κ2) is 11.7. The first-order chi connectivity index (χ1) is 16.1. The predicted octanol–water partition coefficient (Wildman–Crippen LogP) is 2.13. The van der Waals surface area contributed by atoms with E-state index in [0.29, 0.717) is 58.0 Å². The van der Waals surface area contributed by atoms with Gasteiger partial charge in [0.1, 0.15) is 5.82 Å². The molecular weight excluding hydrogens is 445 g/mol. The maximum Gasteiger partial charge on any atom is 0.253 e. The average Bonchev–Trinajstić information content (AvgIpc) is 3.36. The number of morpholine rings is 2. The summed E-state index contributed by atoms with van der Waals surface area (Å²) < 4.78 is 24.7. The molecule has 178 valence electrons. The SMILES string of the molecule is O=C(Cc1cccs1)N1CCOC(CN(CCN2CCOCC2)C(=O)c2ccc(F)cc2)C1. The van der Waals surface area contributed by atoms with E-state index in [1.54, 1.807) is 16.2 Å². The van der Waals surface area contributed by atoms with E-state index in [4.69, 9.17) is 9.47 Å². The number of thiophene rings is 1. The van der Waals surface area contributed by atoms with Crippen LogP contribution in [0, 0.1) is 5.82 Å². The van der Waals surface area contributed by atoms with Gasteiger partial charge in [0, 0.05) is 56.3 Å². The number of benzene rings is 1. The van der Waals surface area contributed by atoms with Crippen LogP contribution in [-0.4, -0.2) is 98.3 Å². The van der Waals surface area contributed by atoms with E-state index in [1.807, 2.05) is 22.4 Å². The van der Waals surface area contributed by atoms with Crippen molar-refractivity contribution in [2.24, 2.45) is 0 Å². The summed E-state index contributed by atoms with van der Waals surface area (Å²) in [5, 5.41) is 1.97. The van der Waals surface area contributed by atoms with Gasteiger partial charge in [0.15, 0.2) is 0 Å². The molecule has 0 saturated carbocycles. The Labute approximate surface area is 197 Å². The number of hydrogen-bond donors (Lipinski definition) is 0. The van der Waals surface area contributed by atoms with Crippen molar-refractivity contribution in [1.29, 1.82) is 0 Å². The lowest BCUT2D eigenvalue weighted by Crippen LogP contribution is -2.52. The van der Waals surface area contributed by atoms with Crippen LogP contribution in [0.25, 0.3) is 0 Å². The highest BCUT2D eigenvalue weighted by atomic mass is 32.1. The van der Waals surface area contributed by atoms with Crippen molar-refractivity contribution in [2.75, 3.05) is 65.6 Å². The van der Waals surface area contributed by atoms with Crippen LogP contribution in [0.15, 0.2) is 41.8 Å². The van der Waals surface area contributed by atoms with Crippen molar-refractivity contribution >= 4 is 23.2 Å². The maximum atomic E-state index is 13.4. The van der Waals surface area contributed by atoms with Crippen molar-refractivity contribution < 1.29 is 23.5 Å². The number of hydrogen-bond acceptors (Lipinski definition) is 6. The van der Waals surface area contributed by atoms with Crippen LogP contribution in [0.5, 0.6) is 0 Å². The molecule has 2 amide bonds. The first-order valence-corrected chi connectivity index (χ1v) is 12.2. The van der Waals surface area contributed by atoms with Gasteiger partial charge in [-0.05, 0) is 35.7 Å². The van der Waals surface area contributed by atoms with Gasteiger partial charge < -0.3 is 19.3 Å². The molecule has 2 saturated heterocycles. The molecule has 2 aliphatic heterocycles. The lowest BCUT2D eigenvalue weighted by Gasteiger charge is -2.36. The second-order valence-corrected chi connectivity index (χ2v) is 9.33. The zero-order chi connectivity index (χ0) is 23.0. The summed E-state index contributed by atoms with van der Waals surface area (Å²) in [4.78, 5) is 32.9. The number of carbonyl (C=O) groups is 2. The molecule has 0 spiro atoms. The van der Waals surface area contributed by atoms with E-state index in [-0.39, 0.29) is 23.7 Å². The molecule has 0 aliphatic carbocycles. The molecule has 0 N–H and O–H groups in total. The molecule has 2 aromatic rings. The topological polar surface area (TPSA) is 62.3 Å². The third kappa shape index (κ3) is 6.83. The minimum atomic E-state index is -0.373. The fourth-order valence-electron chi connectivity index (χ4n) is 4.11. The summed E-state index contributed by atoms with van der Waals surface area (Å²) in [6.07, 6.45) is 0.125. The molecule has 1 aromatic carbocycles. The fraction of sp³-hybridized carbons (Fsp3) is 0.500. The van der Waals surface area contributed by atoms with Gasteiger partial charge in [-0.2, -0.15) is 0 Å². The van der Waals surface area contributed by atoms with Gasteiger partial charge in [-0.25, -0.2) is 4.39 Å². The van der Waals surface area contributed by atoms with Crippen molar-refractivity contribution in [1.82, 2.24) is 14.7 Å². The Bertz CT molecular complexity index is 903. The highest BCUT2D eigenvalue weighted by Gasteiger charge is 2.28. The Morgan fingerprint density at radius 1 is 1.09 bits per heavy atom. The quantitative estimate of drug-likeness (QED) is 0.586. The van der Waals surface area contributed by atoms with Gasteiger partial charge in [0.25, 0.3) is 5.91 Å². The van der Waals surface area contributed by atoms with Crippen LogP contribution in [0.1, 0.15) is 15.2 Å². The lowest BCUT2D eigenvalue weighted by molar-refractivity contribution is -0.138. The maximum absolute atomic E-state index is 13.4. The van der Waals surface area contributed by atoms with Crippen LogP contribution in [-0.2, 0) is 20.7 Å². The van der Waals surface area contributed by atoms with Crippen molar-refractivity contribution in [3.05, 3.63) is 58.0 Å². The second-order valence-electron chi connectivity index (χ2n) is 8.30. The largest absolute Gasteiger partial charge is 0.379 e. The number of ether oxygens (including phenoxy) is 2. The summed E-state index contributed by atoms with van der Waals surface area (Å²) >= 11 is 1.58. The smallest absolute Gasteiger partial charge is 0.253 e. The van der Waals surface area contributed by atoms with Crippen LogP contribution in [0.2, 0.25) is 0 Å². The van der Waals surface area contributed by atoms with Crippen molar-refractivity contribution in [3.63, 3.8) is 0 Å². The van der Waals surface area contributed by atoms with Crippen LogP contribution >= 0.6 is 11.3 Å². The van der Waals surface area contributed by atoms with Crippen LogP contribution in [0.3, 0.4) is 0 Å². The van der Waals surface area contributed by atoms with Gasteiger partial charge in [-0.3, -0.25) is 14.5 Å². The van der Waals surface area contributed by atoms with E-state index >= 15 is 0 Å². The Kier molecular flexibility index (Phi) is 8.44. The van der Waals surface area contributed by atoms with E-state index in [0.717, 1.165) is 24.5 Å². The zero-order valence-corrected chi connectivity index (χ0v) is 19.5. The Morgan fingerprint density at radius 3 is 2.61 bits per heavy atom. The monoisotopic (exact) mass is 475 g/mol. The van der Waals surface area contributed by atoms with E-state index in [1.165, 1.54) is 24.3 Å². The molecule has 7 nitrogen and oxygen atoms in total. The molecule has 1 unspecified atom stereocenters. The standard InChI is InChI=1S/C24H30FN3O4S/c25-20-5-3-19(4-6-20)24(30)28(8-7-26-9-12-31-13-10-26)18-21-17-27(11-14-32-21)23(29)16-22-2-1-15-33-22/h1-6,15,21H,7-14,16-18H2. The third-order valence-electron chi connectivity index (χ3n) is 5.99. The molecule has 2 aliphatic rings. The summed E-state index contributed by atoms with van der Waals surface area (Å²) in [5.74, 6) is -0.453. The molecule has 33 heavy (non-hydrogen) atoms. The predicted molar refractivity (Wildman–Crippen MR) is 124 cm³/mol. The van der Waals surface area contributed by atoms with Gasteiger partial charge in [-0.15, -0.1) is 11.3 Å². The van der Waals surface area contributed by atoms with Gasteiger partial charge in [0.2, 0.25) is 5.91 Å². The molecular formula is C24H30FN3O4S. The van der Waals surface area contributed by atoms with E-state index < -0.39 is 0 Å². The number of halogens is 1. The highest BCUT2D eigenvalue weighted by Crippen LogP contribution is 2.15. The number of rotatable bonds is 8. The molecule has 0 bridgehead atoms. The first kappa shape index (κ1) is 23.8. The first-order valence-electron chi connectivity index (χ1n) is 11.3. The average molecular weight is 476 g/mol. The summed E-state index contributed by atoms with van der Waals surface area (Å²) in [7, 11) is 0. The van der Waals surface area contributed by atoms with Gasteiger partial charge in [-0.1, -0.05) is 6.07 Å². The minimum absolute atomic E-state index is 0.0791. The van der Waals surface area contributed by atoms with Crippen molar-refractivity contribution in [3.8, 4) is 0 Å². The zero-order valence-electron chi connectivity index (χ0n) is 18.7.